The summed E-state index contributed by atoms with van der Waals surface area (Å²) in [7, 11) is 0. The zero-order chi connectivity index (χ0) is 5.15. The second kappa shape index (κ2) is 8.43. The van der Waals surface area contributed by atoms with Crippen molar-refractivity contribution in [2.75, 3.05) is 0 Å². The molecule has 0 aromatic rings. The van der Waals surface area contributed by atoms with E-state index in [-0.39, 0.29) is 59.1 Å². The summed E-state index contributed by atoms with van der Waals surface area (Å²) in [5.74, 6) is -1.19. The van der Waals surface area contributed by atoms with E-state index in [1.807, 2.05) is 0 Å². The number of aliphatic hydroxyl groups excluding tert-OH is 1. The number of carboxylic acid groups (broad SMARTS) is 1. The van der Waals surface area contributed by atoms with Crippen molar-refractivity contribution in [1.29, 1.82) is 0 Å². The standard InChI is InChI=1S/C3H6O3.2Na/c1-2(4)3(5)6;;/h2,4H,1H3,(H,5,6);;. The Labute approximate surface area is 92.0 Å². The summed E-state index contributed by atoms with van der Waals surface area (Å²) in [6.45, 7) is 1.20. The zero-order valence-electron chi connectivity index (χ0n) is 5.38. The number of carbonyl (C=O) groups is 1. The third-order valence-electron chi connectivity index (χ3n) is 0.357. The smallest absolute Gasteiger partial charge is 0.332 e. The first-order valence-corrected chi connectivity index (χ1v) is 1.55. The number of hydrogen-bond acceptors (Lipinski definition) is 2. The van der Waals surface area contributed by atoms with E-state index in [1.54, 1.807) is 0 Å². The van der Waals surface area contributed by atoms with Crippen LogP contribution in [0.25, 0.3) is 0 Å². The van der Waals surface area contributed by atoms with Crippen molar-refractivity contribution >= 4 is 65.1 Å². The second-order valence-corrected chi connectivity index (χ2v) is 1.01. The molecule has 0 bridgehead atoms. The first-order chi connectivity index (χ1) is 2.64. The molecule has 2 N–H and O–H groups in total. The summed E-state index contributed by atoms with van der Waals surface area (Å²) in [5, 5.41) is 15.8. The molecule has 1 unspecified atom stereocenters. The second-order valence-electron chi connectivity index (χ2n) is 1.01. The van der Waals surface area contributed by atoms with Gasteiger partial charge < -0.3 is 10.2 Å². The van der Waals surface area contributed by atoms with Crippen molar-refractivity contribution in [3.63, 3.8) is 0 Å². The van der Waals surface area contributed by atoms with Crippen LogP contribution in [0, 0.1) is 0 Å². The van der Waals surface area contributed by atoms with Crippen molar-refractivity contribution in [3.05, 3.63) is 0 Å². The Morgan fingerprint density at radius 3 is 1.62 bits per heavy atom. The van der Waals surface area contributed by atoms with Crippen LogP contribution in [0.1, 0.15) is 6.92 Å². The predicted octanol–water partition coefficient (Wildman–Crippen LogP) is -1.31. The molecular weight excluding hydrogens is 130 g/mol. The van der Waals surface area contributed by atoms with Crippen molar-refractivity contribution in [3.8, 4) is 0 Å². The van der Waals surface area contributed by atoms with E-state index in [4.69, 9.17) is 10.2 Å². The van der Waals surface area contributed by atoms with E-state index in [0.29, 0.717) is 0 Å². The quantitative estimate of drug-likeness (QED) is 0.440. The van der Waals surface area contributed by atoms with Gasteiger partial charge in [0, 0.05) is 59.1 Å². The predicted molar refractivity (Wildman–Crippen MR) is 30.8 cm³/mol. The molecule has 0 aromatic heterocycles. The fourth-order valence-electron chi connectivity index (χ4n) is 0. The van der Waals surface area contributed by atoms with Crippen LogP contribution in [-0.4, -0.2) is 81.4 Å². The van der Waals surface area contributed by atoms with Gasteiger partial charge in [0.1, 0.15) is 6.10 Å². The number of carboxylic acids is 1. The molecule has 38 valence electrons. The van der Waals surface area contributed by atoms with Gasteiger partial charge in [0.05, 0.1) is 0 Å². The number of rotatable bonds is 1. The molecule has 0 aliphatic heterocycles. The molecule has 1 atom stereocenters. The van der Waals surface area contributed by atoms with Gasteiger partial charge in [-0.25, -0.2) is 4.79 Å². The van der Waals surface area contributed by atoms with Crippen molar-refractivity contribution in [2.45, 2.75) is 13.0 Å². The molecule has 0 aromatic carbocycles. The van der Waals surface area contributed by atoms with Gasteiger partial charge in [-0.1, -0.05) is 0 Å². The Hall–Kier alpha value is 1.43. The van der Waals surface area contributed by atoms with Gasteiger partial charge in [0.2, 0.25) is 0 Å². The average molecular weight is 136 g/mol. The molecule has 3 nitrogen and oxygen atoms in total. The molecule has 2 radical (unpaired) electrons. The van der Waals surface area contributed by atoms with E-state index in [0.717, 1.165) is 0 Å². The monoisotopic (exact) mass is 136 g/mol. The molecule has 0 amide bonds. The molecule has 0 fully saturated rings. The number of aliphatic carboxylic acids is 1. The van der Waals surface area contributed by atoms with Crippen molar-refractivity contribution in [2.24, 2.45) is 0 Å². The topological polar surface area (TPSA) is 57.5 Å². The summed E-state index contributed by atoms with van der Waals surface area (Å²) < 4.78 is 0. The minimum Gasteiger partial charge on any atom is -0.479 e. The summed E-state index contributed by atoms with van der Waals surface area (Å²) in [6.07, 6.45) is -1.23. The summed E-state index contributed by atoms with van der Waals surface area (Å²) in [4.78, 5) is 9.45. The molecule has 8 heavy (non-hydrogen) atoms. The first kappa shape index (κ1) is 16.2. The third-order valence-corrected chi connectivity index (χ3v) is 0.357. The van der Waals surface area contributed by atoms with Crippen molar-refractivity contribution in [1.82, 2.24) is 0 Å². The van der Waals surface area contributed by atoms with Crippen LogP contribution >= 0.6 is 0 Å². The Morgan fingerprint density at radius 1 is 1.50 bits per heavy atom. The minimum absolute atomic E-state index is 0. The fraction of sp³-hybridized carbons (Fsp3) is 0.667. The Kier molecular flexibility index (Phi) is 17.1. The van der Waals surface area contributed by atoms with E-state index in [1.165, 1.54) is 6.92 Å². The Balaban J connectivity index is -0.000000125. The SMILES string of the molecule is CC(O)C(=O)O.[Na].[Na]. The van der Waals surface area contributed by atoms with Gasteiger partial charge in [-0.15, -0.1) is 0 Å². The number of aliphatic hydroxyl groups is 1. The van der Waals surface area contributed by atoms with Gasteiger partial charge in [0.25, 0.3) is 0 Å². The first-order valence-electron chi connectivity index (χ1n) is 1.55. The minimum atomic E-state index is -1.23. The number of hydrogen-bond donors (Lipinski definition) is 2. The molecule has 0 rings (SSSR count). The Morgan fingerprint density at radius 2 is 1.62 bits per heavy atom. The summed E-state index contributed by atoms with van der Waals surface area (Å²) in [6, 6.07) is 0. The molecular formula is C3H6Na2O3. The maximum absolute atomic E-state index is 9.45. The van der Waals surface area contributed by atoms with Crippen LogP contribution in [0.5, 0.6) is 0 Å². The van der Waals surface area contributed by atoms with Gasteiger partial charge in [-0.2, -0.15) is 0 Å². The zero-order valence-corrected chi connectivity index (χ0v) is 9.38. The van der Waals surface area contributed by atoms with E-state index in [2.05, 4.69) is 0 Å². The van der Waals surface area contributed by atoms with Gasteiger partial charge in [-0.3, -0.25) is 0 Å². The largest absolute Gasteiger partial charge is 0.479 e. The summed E-state index contributed by atoms with van der Waals surface area (Å²) >= 11 is 0. The molecule has 0 aliphatic rings. The van der Waals surface area contributed by atoms with Gasteiger partial charge in [0.15, 0.2) is 0 Å². The summed E-state index contributed by atoms with van der Waals surface area (Å²) in [5.41, 5.74) is 0. The van der Waals surface area contributed by atoms with E-state index >= 15 is 0 Å². The molecule has 0 saturated carbocycles. The fourth-order valence-corrected chi connectivity index (χ4v) is 0. The van der Waals surface area contributed by atoms with Crippen LogP contribution in [0.15, 0.2) is 0 Å². The Bertz CT molecular complexity index is 63.5. The average Bonchev–Trinajstić information content (AvgIpc) is 1.36. The molecule has 0 heterocycles. The normalized spacial score (nSPS) is 10.2. The molecule has 0 spiro atoms. The molecule has 0 aliphatic carbocycles. The van der Waals surface area contributed by atoms with Crippen LogP contribution in [0.2, 0.25) is 0 Å². The van der Waals surface area contributed by atoms with Crippen LogP contribution in [0.4, 0.5) is 0 Å². The maximum atomic E-state index is 9.45. The van der Waals surface area contributed by atoms with E-state index in [9.17, 15) is 4.79 Å². The van der Waals surface area contributed by atoms with E-state index < -0.39 is 12.1 Å². The molecule has 0 saturated heterocycles. The third kappa shape index (κ3) is 10.4. The van der Waals surface area contributed by atoms with Crippen molar-refractivity contribution < 1.29 is 15.0 Å². The van der Waals surface area contributed by atoms with Gasteiger partial charge in [-0.05, 0) is 6.92 Å². The van der Waals surface area contributed by atoms with Crippen LogP contribution < -0.4 is 0 Å². The maximum Gasteiger partial charge on any atom is 0.332 e. The van der Waals surface area contributed by atoms with Gasteiger partial charge >= 0.3 is 5.97 Å². The van der Waals surface area contributed by atoms with Crippen LogP contribution in [0.3, 0.4) is 0 Å². The molecule has 5 heteroatoms. The van der Waals surface area contributed by atoms with Crippen LogP contribution in [-0.2, 0) is 4.79 Å².